The van der Waals surface area contributed by atoms with E-state index in [1.54, 1.807) is 0 Å². The first-order valence-electron chi connectivity index (χ1n) is 6.08. The summed E-state index contributed by atoms with van der Waals surface area (Å²) in [6.07, 6.45) is 1.13. The van der Waals surface area contributed by atoms with Crippen molar-refractivity contribution >= 4 is 17.7 Å². The first-order valence-corrected chi connectivity index (χ1v) is 6.08. The van der Waals surface area contributed by atoms with E-state index in [0.29, 0.717) is 24.1 Å². The van der Waals surface area contributed by atoms with Crippen molar-refractivity contribution in [2.45, 2.75) is 13.3 Å². The van der Waals surface area contributed by atoms with E-state index >= 15 is 0 Å². The third-order valence-corrected chi connectivity index (χ3v) is 3.29. The molecule has 0 aromatic heterocycles. The highest BCUT2D eigenvalue weighted by atomic mass is 16.4. The van der Waals surface area contributed by atoms with Crippen LogP contribution in [0.25, 0.3) is 0 Å². The first kappa shape index (κ1) is 13.2. The summed E-state index contributed by atoms with van der Waals surface area (Å²) in [4.78, 5) is 22.3. The van der Waals surface area contributed by atoms with Crippen molar-refractivity contribution in [2.24, 2.45) is 11.8 Å². The number of urea groups is 1. The minimum absolute atomic E-state index is 0.197. The van der Waals surface area contributed by atoms with Crippen molar-refractivity contribution in [2.75, 3.05) is 11.9 Å². The summed E-state index contributed by atoms with van der Waals surface area (Å²) in [7, 11) is 0. The van der Waals surface area contributed by atoms with Gasteiger partial charge >= 0.3 is 12.0 Å². The zero-order valence-electron chi connectivity index (χ0n) is 10.5. The molecule has 2 amide bonds. The number of carboxylic acids is 1. The Morgan fingerprint density at radius 3 is 2.63 bits per heavy atom. The van der Waals surface area contributed by atoms with Crippen LogP contribution in [0.15, 0.2) is 18.2 Å². The lowest BCUT2D eigenvalue weighted by atomic mass is 10.2. The van der Waals surface area contributed by atoms with Gasteiger partial charge in [0.15, 0.2) is 0 Å². The summed E-state index contributed by atoms with van der Waals surface area (Å²) in [5.41, 5.74) is 0.154. The van der Waals surface area contributed by atoms with Gasteiger partial charge in [-0.25, -0.2) is 9.59 Å². The van der Waals surface area contributed by atoms with Crippen LogP contribution in [0.4, 0.5) is 10.5 Å². The molecule has 0 bridgehead atoms. The summed E-state index contributed by atoms with van der Waals surface area (Å²) in [6, 6.07) is 3.53. The van der Waals surface area contributed by atoms with Gasteiger partial charge in [0.05, 0.1) is 0 Å². The zero-order valence-corrected chi connectivity index (χ0v) is 10.5. The largest absolute Gasteiger partial charge is 0.507 e. The molecule has 6 nitrogen and oxygen atoms in total. The maximum Gasteiger partial charge on any atom is 0.339 e. The van der Waals surface area contributed by atoms with Gasteiger partial charge in [0, 0.05) is 18.3 Å². The molecule has 1 fully saturated rings. The minimum Gasteiger partial charge on any atom is -0.507 e. The van der Waals surface area contributed by atoms with Crippen molar-refractivity contribution in [1.82, 2.24) is 5.32 Å². The average Bonchev–Trinajstić information content (AvgIpc) is 3.02. The number of hydrogen-bond acceptors (Lipinski definition) is 3. The highest BCUT2D eigenvalue weighted by molar-refractivity contribution is 5.93. The smallest absolute Gasteiger partial charge is 0.339 e. The number of phenols is 1. The molecule has 2 rings (SSSR count). The van der Waals surface area contributed by atoms with Gasteiger partial charge < -0.3 is 20.8 Å². The van der Waals surface area contributed by atoms with Crippen LogP contribution >= 0.6 is 0 Å². The summed E-state index contributed by atoms with van der Waals surface area (Å²) >= 11 is 0. The fraction of sp³-hybridized carbons (Fsp3) is 0.385. The number of aromatic hydroxyl groups is 1. The Morgan fingerprint density at radius 2 is 2.11 bits per heavy atom. The molecule has 0 radical (unpaired) electrons. The molecule has 2 unspecified atom stereocenters. The Morgan fingerprint density at radius 1 is 1.42 bits per heavy atom. The standard InChI is InChI=1S/C13H16N2O4/c1-7-4-8(7)6-14-13(19)15-9-2-3-10(12(17)18)11(16)5-9/h2-3,5,7-8,16H,4,6H2,1H3,(H,17,18)(H2,14,15,19). The minimum atomic E-state index is -1.21. The van der Waals surface area contributed by atoms with E-state index in [1.807, 2.05) is 0 Å². The number of carbonyl (C=O) groups is 2. The van der Waals surface area contributed by atoms with Crippen LogP contribution in [0, 0.1) is 11.8 Å². The Balaban J connectivity index is 1.89. The average molecular weight is 264 g/mol. The van der Waals surface area contributed by atoms with Gasteiger partial charge in [-0.3, -0.25) is 0 Å². The van der Waals surface area contributed by atoms with Crippen LogP contribution in [-0.2, 0) is 0 Å². The summed E-state index contributed by atoms with van der Waals surface area (Å²) in [5.74, 6) is -0.370. The predicted molar refractivity (Wildman–Crippen MR) is 69.4 cm³/mol. The van der Waals surface area contributed by atoms with Gasteiger partial charge in [-0.05, 0) is 30.4 Å². The second kappa shape index (κ2) is 5.17. The molecule has 1 aliphatic carbocycles. The fourth-order valence-electron chi connectivity index (χ4n) is 1.87. The van der Waals surface area contributed by atoms with Crippen LogP contribution in [0.2, 0.25) is 0 Å². The molecular formula is C13H16N2O4. The number of benzene rings is 1. The SMILES string of the molecule is CC1CC1CNC(=O)Nc1ccc(C(=O)O)c(O)c1. The van der Waals surface area contributed by atoms with Crippen LogP contribution in [0.3, 0.4) is 0 Å². The molecule has 19 heavy (non-hydrogen) atoms. The lowest BCUT2D eigenvalue weighted by Gasteiger charge is -2.08. The third kappa shape index (κ3) is 3.37. The van der Waals surface area contributed by atoms with Crippen LogP contribution < -0.4 is 10.6 Å². The first-order chi connectivity index (χ1) is 8.97. The monoisotopic (exact) mass is 264 g/mol. The second-order valence-electron chi connectivity index (χ2n) is 4.85. The van der Waals surface area contributed by atoms with E-state index in [0.717, 1.165) is 6.42 Å². The Hall–Kier alpha value is -2.24. The number of amides is 2. The van der Waals surface area contributed by atoms with Crippen LogP contribution in [-0.4, -0.2) is 28.8 Å². The van der Waals surface area contributed by atoms with Crippen molar-refractivity contribution in [1.29, 1.82) is 0 Å². The van der Waals surface area contributed by atoms with Crippen molar-refractivity contribution in [3.63, 3.8) is 0 Å². The summed E-state index contributed by atoms with van der Waals surface area (Å²) < 4.78 is 0. The van der Waals surface area contributed by atoms with Gasteiger partial charge in [0.1, 0.15) is 11.3 Å². The molecule has 4 N–H and O–H groups in total. The van der Waals surface area contributed by atoms with Crippen LogP contribution in [0.5, 0.6) is 5.75 Å². The number of carbonyl (C=O) groups excluding carboxylic acids is 1. The van der Waals surface area contributed by atoms with Crippen molar-refractivity contribution in [3.8, 4) is 5.75 Å². The Kier molecular flexibility index (Phi) is 3.59. The van der Waals surface area contributed by atoms with Gasteiger partial charge in [-0.1, -0.05) is 6.92 Å². The van der Waals surface area contributed by atoms with E-state index in [1.165, 1.54) is 18.2 Å². The molecule has 1 saturated carbocycles. The Bertz CT molecular complexity index is 515. The molecule has 1 aliphatic rings. The molecule has 0 saturated heterocycles. The van der Waals surface area contributed by atoms with Crippen LogP contribution in [0.1, 0.15) is 23.7 Å². The number of aromatic carboxylic acids is 1. The number of hydrogen-bond donors (Lipinski definition) is 4. The van der Waals surface area contributed by atoms with Gasteiger partial charge in [0.2, 0.25) is 0 Å². The number of rotatable bonds is 4. The molecule has 102 valence electrons. The molecule has 0 spiro atoms. The molecule has 2 atom stereocenters. The second-order valence-corrected chi connectivity index (χ2v) is 4.85. The third-order valence-electron chi connectivity index (χ3n) is 3.29. The summed E-state index contributed by atoms with van der Waals surface area (Å²) in [5, 5.41) is 23.5. The molecule has 1 aromatic carbocycles. The highest BCUT2D eigenvalue weighted by Crippen LogP contribution is 2.36. The molecule has 0 aliphatic heterocycles. The van der Waals surface area contributed by atoms with Crippen molar-refractivity contribution in [3.05, 3.63) is 23.8 Å². The fourth-order valence-corrected chi connectivity index (χ4v) is 1.87. The molecular weight excluding hydrogens is 248 g/mol. The number of carboxylic acid groups (broad SMARTS) is 1. The van der Waals surface area contributed by atoms with E-state index in [4.69, 9.17) is 5.11 Å². The van der Waals surface area contributed by atoms with Gasteiger partial charge in [-0.15, -0.1) is 0 Å². The molecule has 6 heteroatoms. The Labute approximate surface area is 110 Å². The van der Waals surface area contributed by atoms with Gasteiger partial charge in [-0.2, -0.15) is 0 Å². The lowest BCUT2D eigenvalue weighted by Crippen LogP contribution is -2.30. The zero-order chi connectivity index (χ0) is 14.0. The van der Waals surface area contributed by atoms with E-state index in [-0.39, 0.29) is 17.3 Å². The maximum absolute atomic E-state index is 11.6. The number of anilines is 1. The molecule has 0 heterocycles. The predicted octanol–water partition coefficient (Wildman–Crippen LogP) is 1.87. The quantitative estimate of drug-likeness (QED) is 0.667. The highest BCUT2D eigenvalue weighted by Gasteiger charge is 2.32. The van der Waals surface area contributed by atoms with E-state index in [9.17, 15) is 14.7 Å². The molecule has 1 aromatic rings. The maximum atomic E-state index is 11.6. The van der Waals surface area contributed by atoms with E-state index < -0.39 is 5.97 Å². The summed E-state index contributed by atoms with van der Waals surface area (Å²) in [6.45, 7) is 2.76. The number of nitrogens with one attached hydrogen (secondary N) is 2. The topological polar surface area (TPSA) is 98.7 Å². The normalized spacial score (nSPS) is 20.7. The lowest BCUT2D eigenvalue weighted by molar-refractivity contribution is 0.0694. The van der Waals surface area contributed by atoms with Crippen molar-refractivity contribution < 1.29 is 19.8 Å². The van der Waals surface area contributed by atoms with E-state index in [2.05, 4.69) is 17.6 Å². The van der Waals surface area contributed by atoms with Gasteiger partial charge in [0.25, 0.3) is 0 Å².